The summed E-state index contributed by atoms with van der Waals surface area (Å²) in [6.45, 7) is 6.60. The fourth-order valence-electron chi connectivity index (χ4n) is 3.40. The van der Waals surface area contributed by atoms with Crippen LogP contribution in [0.2, 0.25) is 0 Å². The molecule has 2 aromatic rings. The third-order valence-corrected chi connectivity index (χ3v) is 7.15. The quantitative estimate of drug-likeness (QED) is 0.589. The number of hydrogen-bond donors (Lipinski definition) is 1. The Morgan fingerprint density at radius 3 is 2.44 bits per heavy atom. The Hall–Kier alpha value is -2.26. The first-order valence-electron chi connectivity index (χ1n) is 11.0. The smallest absolute Gasteiger partial charge is 0.243 e. The number of sulfonamides is 1. The first-order valence-corrected chi connectivity index (χ1v) is 12.4. The summed E-state index contributed by atoms with van der Waals surface area (Å²) < 4.78 is 37.7. The van der Waals surface area contributed by atoms with Crippen molar-refractivity contribution in [2.45, 2.75) is 50.8 Å². The summed E-state index contributed by atoms with van der Waals surface area (Å²) in [5.41, 5.74) is 3.03. The van der Waals surface area contributed by atoms with Crippen LogP contribution in [0, 0.1) is 0 Å². The normalized spacial score (nSPS) is 15.1. The highest BCUT2D eigenvalue weighted by molar-refractivity contribution is 7.89. The van der Waals surface area contributed by atoms with E-state index in [1.165, 1.54) is 4.31 Å². The van der Waals surface area contributed by atoms with Crippen molar-refractivity contribution >= 4 is 15.9 Å². The molecule has 8 heteroatoms. The Labute approximate surface area is 190 Å². The lowest BCUT2D eigenvalue weighted by molar-refractivity contribution is -0.121. The fourth-order valence-corrected chi connectivity index (χ4v) is 4.81. The van der Waals surface area contributed by atoms with E-state index in [1.807, 2.05) is 38.1 Å². The van der Waals surface area contributed by atoms with Crippen molar-refractivity contribution in [2.24, 2.45) is 0 Å². The van der Waals surface area contributed by atoms with E-state index < -0.39 is 10.0 Å². The van der Waals surface area contributed by atoms with Crippen LogP contribution in [0.3, 0.4) is 0 Å². The average molecular weight is 461 g/mol. The second kappa shape index (κ2) is 11.6. The van der Waals surface area contributed by atoms with Crippen molar-refractivity contribution in [3.63, 3.8) is 0 Å². The van der Waals surface area contributed by atoms with Gasteiger partial charge in [0.2, 0.25) is 15.9 Å². The average Bonchev–Trinajstić information content (AvgIpc) is 2.81. The third-order valence-electron chi connectivity index (χ3n) is 5.24. The van der Waals surface area contributed by atoms with Crippen molar-refractivity contribution in [3.05, 3.63) is 65.2 Å². The summed E-state index contributed by atoms with van der Waals surface area (Å²) in [5.74, 6) is -0.0427. The van der Waals surface area contributed by atoms with Gasteiger partial charge in [-0.15, -0.1) is 0 Å². The Balaban J connectivity index is 1.46. The summed E-state index contributed by atoms with van der Waals surface area (Å²) in [7, 11) is -3.50. The van der Waals surface area contributed by atoms with Gasteiger partial charge in [-0.1, -0.05) is 36.4 Å². The van der Waals surface area contributed by atoms with E-state index in [2.05, 4.69) is 5.32 Å². The van der Waals surface area contributed by atoms with Crippen LogP contribution >= 0.6 is 0 Å². The number of aryl methyl sites for hydroxylation is 1. The van der Waals surface area contributed by atoms with Crippen molar-refractivity contribution < 1.29 is 22.7 Å². The van der Waals surface area contributed by atoms with Crippen molar-refractivity contribution in [2.75, 3.05) is 26.3 Å². The minimum atomic E-state index is -3.50. The number of carbonyl (C=O) groups excluding carboxylic acids is 1. The molecule has 0 atom stereocenters. The minimum absolute atomic E-state index is 0.0427. The summed E-state index contributed by atoms with van der Waals surface area (Å²) in [6.07, 6.45) is 1.06. The zero-order chi connectivity index (χ0) is 23.0. The summed E-state index contributed by atoms with van der Waals surface area (Å²) in [5, 5.41) is 2.95. The zero-order valence-electron chi connectivity index (χ0n) is 18.7. The molecule has 0 spiro atoms. The summed E-state index contributed by atoms with van der Waals surface area (Å²) >= 11 is 0. The molecule has 0 aromatic heterocycles. The largest absolute Gasteiger partial charge is 0.379 e. The first kappa shape index (κ1) is 24.4. The van der Waals surface area contributed by atoms with Gasteiger partial charge in [0.1, 0.15) is 0 Å². The number of morpholine rings is 1. The molecule has 1 aliphatic heterocycles. The van der Waals surface area contributed by atoms with Crippen LogP contribution in [-0.4, -0.2) is 51.0 Å². The molecule has 1 N–H and O–H groups in total. The first-order chi connectivity index (χ1) is 15.3. The van der Waals surface area contributed by atoms with E-state index in [4.69, 9.17) is 9.47 Å². The Kier molecular flexibility index (Phi) is 8.81. The summed E-state index contributed by atoms with van der Waals surface area (Å²) in [6, 6.07) is 14.8. The van der Waals surface area contributed by atoms with Gasteiger partial charge in [0, 0.05) is 26.1 Å². The SMILES string of the molecule is CC(C)OCc1cccc(CNC(=O)CCc2ccc(S(=O)(=O)N3CCOCC3)cc2)c1. The molecular weight excluding hydrogens is 428 g/mol. The van der Waals surface area contributed by atoms with Gasteiger partial charge >= 0.3 is 0 Å². The molecule has 0 unspecified atom stereocenters. The molecule has 1 saturated heterocycles. The maximum atomic E-state index is 12.7. The molecule has 1 amide bonds. The standard InChI is InChI=1S/C24H32N2O5S/c1-19(2)31-18-22-5-3-4-21(16-22)17-25-24(27)11-8-20-6-9-23(10-7-20)32(28,29)26-12-14-30-15-13-26/h3-7,9-10,16,19H,8,11-15,17-18H2,1-2H3,(H,25,27). The molecule has 7 nitrogen and oxygen atoms in total. The molecular formula is C24H32N2O5S. The molecule has 2 aromatic carbocycles. The lowest BCUT2D eigenvalue weighted by atomic mass is 10.1. The van der Waals surface area contributed by atoms with Gasteiger partial charge in [-0.25, -0.2) is 8.42 Å². The molecule has 174 valence electrons. The molecule has 1 heterocycles. The van der Waals surface area contributed by atoms with E-state index in [0.717, 1.165) is 16.7 Å². The van der Waals surface area contributed by atoms with Crippen LogP contribution in [0.15, 0.2) is 53.4 Å². The molecule has 0 radical (unpaired) electrons. The molecule has 3 rings (SSSR count). The number of rotatable bonds is 10. The van der Waals surface area contributed by atoms with E-state index in [0.29, 0.717) is 52.3 Å². The number of benzene rings is 2. The van der Waals surface area contributed by atoms with Crippen LogP contribution in [0.4, 0.5) is 0 Å². The Morgan fingerprint density at radius 1 is 1.06 bits per heavy atom. The lowest BCUT2D eigenvalue weighted by Gasteiger charge is -2.26. The predicted molar refractivity (Wildman–Crippen MR) is 123 cm³/mol. The molecule has 1 fully saturated rings. The van der Waals surface area contributed by atoms with Gasteiger partial charge in [-0.05, 0) is 49.1 Å². The van der Waals surface area contributed by atoms with Gasteiger partial charge in [-0.2, -0.15) is 4.31 Å². The Morgan fingerprint density at radius 2 is 1.75 bits per heavy atom. The highest BCUT2D eigenvalue weighted by Crippen LogP contribution is 2.18. The van der Waals surface area contributed by atoms with Crippen LogP contribution < -0.4 is 5.32 Å². The Bertz CT molecular complexity index is 984. The molecule has 0 aliphatic carbocycles. The van der Waals surface area contributed by atoms with E-state index in [-0.39, 0.29) is 16.9 Å². The van der Waals surface area contributed by atoms with Crippen LogP contribution in [0.25, 0.3) is 0 Å². The van der Waals surface area contributed by atoms with Gasteiger partial charge in [0.15, 0.2) is 0 Å². The number of nitrogens with one attached hydrogen (secondary N) is 1. The van der Waals surface area contributed by atoms with Gasteiger partial charge in [-0.3, -0.25) is 4.79 Å². The second-order valence-electron chi connectivity index (χ2n) is 8.12. The summed E-state index contributed by atoms with van der Waals surface area (Å²) in [4.78, 5) is 12.5. The number of ether oxygens (including phenoxy) is 2. The van der Waals surface area contributed by atoms with E-state index >= 15 is 0 Å². The van der Waals surface area contributed by atoms with Crippen molar-refractivity contribution in [1.82, 2.24) is 9.62 Å². The fraction of sp³-hybridized carbons (Fsp3) is 0.458. The predicted octanol–water partition coefficient (Wildman–Crippen LogP) is 2.88. The van der Waals surface area contributed by atoms with Gasteiger partial charge in [0.25, 0.3) is 0 Å². The third kappa shape index (κ3) is 7.13. The maximum Gasteiger partial charge on any atom is 0.243 e. The topological polar surface area (TPSA) is 84.9 Å². The second-order valence-corrected chi connectivity index (χ2v) is 10.1. The van der Waals surface area contributed by atoms with Crippen LogP contribution in [-0.2, 0) is 43.9 Å². The molecule has 32 heavy (non-hydrogen) atoms. The van der Waals surface area contributed by atoms with Crippen molar-refractivity contribution in [1.29, 1.82) is 0 Å². The zero-order valence-corrected chi connectivity index (χ0v) is 19.6. The minimum Gasteiger partial charge on any atom is -0.379 e. The van der Waals surface area contributed by atoms with Crippen LogP contribution in [0.1, 0.15) is 37.0 Å². The number of carbonyl (C=O) groups is 1. The highest BCUT2D eigenvalue weighted by Gasteiger charge is 2.26. The van der Waals surface area contributed by atoms with Crippen LogP contribution in [0.5, 0.6) is 0 Å². The maximum absolute atomic E-state index is 12.7. The van der Waals surface area contributed by atoms with Gasteiger partial charge in [0.05, 0.1) is 30.8 Å². The van der Waals surface area contributed by atoms with Gasteiger partial charge < -0.3 is 14.8 Å². The highest BCUT2D eigenvalue weighted by atomic mass is 32.2. The molecule has 0 saturated carbocycles. The number of hydrogen-bond acceptors (Lipinski definition) is 5. The van der Waals surface area contributed by atoms with E-state index in [1.54, 1.807) is 24.3 Å². The number of nitrogens with zero attached hydrogens (tertiary/aromatic N) is 1. The van der Waals surface area contributed by atoms with E-state index in [9.17, 15) is 13.2 Å². The lowest BCUT2D eigenvalue weighted by Crippen LogP contribution is -2.40. The van der Waals surface area contributed by atoms with Crippen molar-refractivity contribution in [3.8, 4) is 0 Å². The molecule has 1 aliphatic rings. The number of amides is 1. The monoisotopic (exact) mass is 460 g/mol. The molecule has 0 bridgehead atoms.